The van der Waals surface area contributed by atoms with Gasteiger partial charge < -0.3 is 9.26 Å². The average Bonchev–Trinajstić information content (AvgIpc) is 3.34. The molecule has 0 amide bonds. The molecule has 2 aromatic rings. The third kappa shape index (κ3) is 5.00. The van der Waals surface area contributed by atoms with E-state index in [9.17, 15) is 13.2 Å². The zero-order valence-electron chi connectivity index (χ0n) is 14.9. The Morgan fingerprint density at radius 3 is 2.63 bits per heavy atom. The van der Waals surface area contributed by atoms with Gasteiger partial charge in [-0.15, -0.1) is 0 Å². The third-order valence-corrected chi connectivity index (χ3v) is 5.04. The Balaban J connectivity index is 1.26. The first-order chi connectivity index (χ1) is 13.0. The molecule has 0 atom stereocenters. The molecule has 1 aromatic heterocycles. The van der Waals surface area contributed by atoms with Crippen molar-refractivity contribution in [2.45, 2.75) is 50.9 Å². The first-order valence-corrected chi connectivity index (χ1v) is 9.33. The van der Waals surface area contributed by atoms with E-state index in [0.29, 0.717) is 12.4 Å². The molecule has 0 N–H and O–H groups in total. The maximum absolute atomic E-state index is 12.8. The molecule has 0 spiro atoms. The topological polar surface area (TPSA) is 51.4 Å². The highest BCUT2D eigenvalue weighted by molar-refractivity contribution is 5.30. The quantitative estimate of drug-likeness (QED) is 0.755. The molecule has 1 saturated heterocycles. The third-order valence-electron chi connectivity index (χ3n) is 5.04. The van der Waals surface area contributed by atoms with Crippen LogP contribution < -0.4 is 4.74 Å². The number of aromatic nitrogens is 2. The zero-order valence-corrected chi connectivity index (χ0v) is 14.9. The van der Waals surface area contributed by atoms with Crippen LogP contribution in [-0.2, 0) is 19.1 Å². The van der Waals surface area contributed by atoms with Gasteiger partial charge in [0.15, 0.2) is 5.82 Å². The Bertz CT molecular complexity index is 766. The Hall–Kier alpha value is -2.09. The lowest BCUT2D eigenvalue weighted by molar-refractivity contribution is -0.137. The molecule has 1 saturated carbocycles. The molecule has 2 fully saturated rings. The highest BCUT2D eigenvalue weighted by Crippen LogP contribution is 2.33. The summed E-state index contributed by atoms with van der Waals surface area (Å²) < 4.78 is 49.5. The molecule has 2 heterocycles. The van der Waals surface area contributed by atoms with E-state index in [2.05, 4.69) is 15.0 Å². The van der Waals surface area contributed by atoms with Crippen molar-refractivity contribution in [1.29, 1.82) is 0 Å². The predicted molar refractivity (Wildman–Crippen MR) is 91.1 cm³/mol. The summed E-state index contributed by atoms with van der Waals surface area (Å²) in [5.74, 6) is 2.40. The van der Waals surface area contributed by atoms with Crippen LogP contribution in [0.25, 0.3) is 0 Å². The number of likely N-dealkylation sites (tertiary alicyclic amines) is 1. The monoisotopic (exact) mass is 381 g/mol. The van der Waals surface area contributed by atoms with Gasteiger partial charge in [0.05, 0.1) is 12.1 Å². The molecule has 1 aliphatic heterocycles. The van der Waals surface area contributed by atoms with Crippen LogP contribution in [0.1, 0.15) is 43.0 Å². The largest absolute Gasteiger partial charge is 0.490 e. The van der Waals surface area contributed by atoms with Gasteiger partial charge in [-0.25, -0.2) is 0 Å². The van der Waals surface area contributed by atoms with Gasteiger partial charge in [-0.05, 0) is 49.8 Å². The predicted octanol–water partition coefficient (Wildman–Crippen LogP) is 4.08. The number of benzene rings is 1. The number of alkyl halides is 3. The maximum Gasteiger partial charge on any atom is 0.416 e. The highest BCUT2D eigenvalue weighted by Gasteiger charge is 2.31. The highest BCUT2D eigenvalue weighted by atomic mass is 19.4. The fourth-order valence-corrected chi connectivity index (χ4v) is 3.33. The number of halogens is 3. The van der Waals surface area contributed by atoms with Gasteiger partial charge in [0.1, 0.15) is 11.9 Å². The van der Waals surface area contributed by atoms with Crippen LogP contribution in [0.2, 0.25) is 0 Å². The summed E-state index contributed by atoms with van der Waals surface area (Å²) >= 11 is 0. The van der Waals surface area contributed by atoms with Gasteiger partial charge in [-0.1, -0.05) is 11.2 Å². The summed E-state index contributed by atoms with van der Waals surface area (Å²) in [6.45, 7) is 2.17. The molecule has 2 aliphatic rings. The molecule has 146 valence electrons. The minimum atomic E-state index is -4.36. The molecule has 1 aliphatic carbocycles. The van der Waals surface area contributed by atoms with Crippen LogP contribution in [0.4, 0.5) is 13.2 Å². The average molecular weight is 381 g/mol. The van der Waals surface area contributed by atoms with E-state index in [1.165, 1.54) is 18.9 Å². The van der Waals surface area contributed by atoms with Gasteiger partial charge in [0.2, 0.25) is 5.89 Å². The van der Waals surface area contributed by atoms with E-state index >= 15 is 0 Å². The number of hydrogen-bond donors (Lipinski definition) is 0. The van der Waals surface area contributed by atoms with E-state index in [0.717, 1.165) is 56.2 Å². The summed E-state index contributed by atoms with van der Waals surface area (Å²) in [7, 11) is 0. The van der Waals surface area contributed by atoms with E-state index in [1.54, 1.807) is 6.07 Å². The molecule has 0 unspecified atom stereocenters. The number of ether oxygens (including phenoxy) is 1. The number of piperidine rings is 1. The van der Waals surface area contributed by atoms with Crippen LogP contribution in [0.3, 0.4) is 0 Å². The lowest BCUT2D eigenvalue weighted by atomic mass is 10.1. The van der Waals surface area contributed by atoms with Crippen molar-refractivity contribution in [1.82, 2.24) is 15.0 Å². The molecule has 27 heavy (non-hydrogen) atoms. The molecule has 0 radical (unpaired) electrons. The first kappa shape index (κ1) is 18.3. The molecule has 8 heteroatoms. The van der Waals surface area contributed by atoms with Gasteiger partial charge in [0.25, 0.3) is 0 Å². The fraction of sp³-hybridized carbons (Fsp3) is 0.579. The minimum absolute atomic E-state index is 0.0853. The Morgan fingerprint density at radius 2 is 1.93 bits per heavy atom. The van der Waals surface area contributed by atoms with Crippen molar-refractivity contribution in [2.75, 3.05) is 13.1 Å². The Labute approximate surface area is 155 Å². The Morgan fingerprint density at radius 1 is 1.15 bits per heavy atom. The van der Waals surface area contributed by atoms with Crippen molar-refractivity contribution in [2.24, 2.45) is 5.92 Å². The van der Waals surface area contributed by atoms with E-state index in [1.807, 2.05) is 0 Å². The van der Waals surface area contributed by atoms with Crippen molar-refractivity contribution in [3.63, 3.8) is 0 Å². The van der Waals surface area contributed by atoms with Crippen LogP contribution in [0.5, 0.6) is 5.75 Å². The van der Waals surface area contributed by atoms with Crippen LogP contribution in [-0.4, -0.2) is 34.2 Å². The minimum Gasteiger partial charge on any atom is -0.490 e. The maximum atomic E-state index is 12.8. The summed E-state index contributed by atoms with van der Waals surface area (Å²) in [6, 6.07) is 5.06. The molecule has 4 rings (SSSR count). The van der Waals surface area contributed by atoms with Crippen molar-refractivity contribution in [3.8, 4) is 5.75 Å². The second-order valence-corrected chi connectivity index (χ2v) is 7.37. The molecule has 5 nitrogen and oxygen atoms in total. The SMILES string of the molecule is FC(F)(F)c1cccc(OC2CCN(Cc3nc(CC4CC4)no3)CC2)c1. The fourth-order valence-electron chi connectivity index (χ4n) is 3.33. The lowest BCUT2D eigenvalue weighted by Gasteiger charge is -2.31. The second-order valence-electron chi connectivity index (χ2n) is 7.37. The van der Waals surface area contributed by atoms with Gasteiger partial charge >= 0.3 is 6.18 Å². The van der Waals surface area contributed by atoms with Crippen molar-refractivity contribution < 1.29 is 22.4 Å². The van der Waals surface area contributed by atoms with Gasteiger partial charge in [0, 0.05) is 19.5 Å². The molecule has 1 aromatic carbocycles. The molecular weight excluding hydrogens is 359 g/mol. The standard InChI is InChI=1S/C19H22F3N3O2/c20-19(21,22)14-2-1-3-16(11-14)26-15-6-8-25(9-7-15)12-18-23-17(24-27-18)10-13-4-5-13/h1-3,11,13,15H,4-10,12H2. The number of rotatable bonds is 6. The van der Waals surface area contributed by atoms with Gasteiger partial charge in [-0.2, -0.15) is 18.2 Å². The summed E-state index contributed by atoms with van der Waals surface area (Å²) in [5.41, 5.74) is -0.684. The molecular formula is C19H22F3N3O2. The van der Waals surface area contributed by atoms with E-state index in [-0.39, 0.29) is 11.9 Å². The van der Waals surface area contributed by atoms with E-state index < -0.39 is 11.7 Å². The lowest BCUT2D eigenvalue weighted by Crippen LogP contribution is -2.37. The number of nitrogens with zero attached hydrogens (tertiary/aromatic N) is 3. The van der Waals surface area contributed by atoms with Crippen molar-refractivity contribution in [3.05, 3.63) is 41.5 Å². The van der Waals surface area contributed by atoms with E-state index in [4.69, 9.17) is 9.26 Å². The zero-order chi connectivity index (χ0) is 18.9. The van der Waals surface area contributed by atoms with Crippen LogP contribution >= 0.6 is 0 Å². The van der Waals surface area contributed by atoms with Crippen molar-refractivity contribution >= 4 is 0 Å². The number of hydrogen-bond acceptors (Lipinski definition) is 5. The van der Waals surface area contributed by atoms with Gasteiger partial charge in [-0.3, -0.25) is 4.90 Å². The Kier molecular flexibility index (Phi) is 5.08. The summed E-state index contributed by atoms with van der Waals surface area (Å²) in [6.07, 6.45) is 0.463. The normalized spacial score (nSPS) is 19.4. The first-order valence-electron chi connectivity index (χ1n) is 9.33. The summed E-state index contributed by atoms with van der Waals surface area (Å²) in [5, 5.41) is 4.03. The summed E-state index contributed by atoms with van der Waals surface area (Å²) in [4.78, 5) is 6.66. The van der Waals surface area contributed by atoms with Crippen LogP contribution in [0, 0.1) is 5.92 Å². The molecule has 0 bridgehead atoms. The second kappa shape index (κ2) is 7.50. The van der Waals surface area contributed by atoms with Crippen LogP contribution in [0.15, 0.2) is 28.8 Å². The smallest absolute Gasteiger partial charge is 0.416 e.